The molecule has 2 aromatic rings. The normalized spacial score (nSPS) is 18.5. The number of nitrogens with zero attached hydrogens (tertiary/aromatic N) is 3. The highest BCUT2D eigenvalue weighted by molar-refractivity contribution is 5.38. The third kappa shape index (κ3) is 2.99. The smallest absolute Gasteiger partial charge is 0.155 e. The quantitative estimate of drug-likeness (QED) is 0.893. The van der Waals surface area contributed by atoms with E-state index in [4.69, 9.17) is 0 Å². The average Bonchev–Trinajstić information content (AvgIpc) is 2.79. The minimum Gasteiger partial charge on any atom is -0.389 e. The van der Waals surface area contributed by atoms with Crippen LogP contribution in [0.3, 0.4) is 0 Å². The second kappa shape index (κ2) is 5.50. The van der Waals surface area contributed by atoms with Crippen molar-refractivity contribution in [2.45, 2.75) is 51.2 Å². The van der Waals surface area contributed by atoms with Gasteiger partial charge in [-0.25, -0.2) is 9.50 Å². The van der Waals surface area contributed by atoms with Gasteiger partial charge in [0.1, 0.15) is 0 Å². The Balaban J connectivity index is 1.59. The summed E-state index contributed by atoms with van der Waals surface area (Å²) in [4.78, 5) is 4.38. The van der Waals surface area contributed by atoms with Crippen LogP contribution in [0.2, 0.25) is 0 Å². The molecule has 0 bridgehead atoms. The van der Waals surface area contributed by atoms with E-state index in [0.717, 1.165) is 42.6 Å². The van der Waals surface area contributed by atoms with Crippen LogP contribution in [0.4, 0.5) is 0 Å². The molecule has 0 saturated heterocycles. The first-order chi connectivity index (χ1) is 9.65. The molecule has 0 atom stereocenters. The number of nitrogens with one attached hydrogen (secondary N) is 1. The first-order valence-electron chi connectivity index (χ1n) is 7.39. The Hall–Kier alpha value is -1.46. The van der Waals surface area contributed by atoms with Crippen molar-refractivity contribution < 1.29 is 5.11 Å². The van der Waals surface area contributed by atoms with E-state index in [1.165, 1.54) is 6.42 Å². The number of rotatable bonds is 4. The van der Waals surface area contributed by atoms with E-state index in [0.29, 0.717) is 13.1 Å². The van der Waals surface area contributed by atoms with Gasteiger partial charge in [0.15, 0.2) is 5.65 Å². The highest BCUT2D eigenvalue weighted by Gasteiger charge is 2.28. The van der Waals surface area contributed by atoms with E-state index < -0.39 is 5.60 Å². The molecule has 5 heteroatoms. The fraction of sp³-hybridized carbons (Fsp3) is 0.600. The lowest BCUT2D eigenvalue weighted by molar-refractivity contribution is 0.00466. The Labute approximate surface area is 119 Å². The third-order valence-corrected chi connectivity index (χ3v) is 4.06. The lowest BCUT2D eigenvalue weighted by Crippen LogP contribution is -2.41. The van der Waals surface area contributed by atoms with E-state index in [1.54, 1.807) is 0 Å². The minimum atomic E-state index is -0.516. The minimum absolute atomic E-state index is 0.516. The van der Waals surface area contributed by atoms with Crippen LogP contribution in [0.25, 0.3) is 5.65 Å². The van der Waals surface area contributed by atoms with Crippen molar-refractivity contribution in [3.63, 3.8) is 0 Å². The van der Waals surface area contributed by atoms with Gasteiger partial charge in [-0.15, -0.1) is 0 Å². The molecule has 1 aliphatic carbocycles. The summed E-state index contributed by atoms with van der Waals surface area (Å²) in [6.45, 7) is 3.33. The van der Waals surface area contributed by atoms with Crippen molar-refractivity contribution >= 4 is 5.65 Å². The molecular weight excluding hydrogens is 252 g/mol. The summed E-state index contributed by atoms with van der Waals surface area (Å²) in [6, 6.07) is 1.96. The van der Waals surface area contributed by atoms with Crippen molar-refractivity contribution in [1.82, 2.24) is 19.9 Å². The molecule has 0 unspecified atom stereocenters. The summed E-state index contributed by atoms with van der Waals surface area (Å²) < 4.78 is 1.81. The van der Waals surface area contributed by atoms with Crippen molar-refractivity contribution in [1.29, 1.82) is 0 Å². The zero-order valence-electron chi connectivity index (χ0n) is 12.0. The van der Waals surface area contributed by atoms with Gasteiger partial charge in [0.2, 0.25) is 0 Å². The van der Waals surface area contributed by atoms with E-state index in [1.807, 2.05) is 29.9 Å². The average molecular weight is 274 g/mol. The maximum atomic E-state index is 10.4. The first kappa shape index (κ1) is 13.5. The van der Waals surface area contributed by atoms with Gasteiger partial charge >= 0.3 is 0 Å². The Morgan fingerprint density at radius 3 is 2.95 bits per heavy atom. The van der Waals surface area contributed by atoms with E-state index in [2.05, 4.69) is 15.4 Å². The standard InChI is InChI=1S/C15H22N4O/c1-12-7-14-17-9-13(10-19(14)18-12)8-16-11-15(20)5-3-2-4-6-15/h7,9-10,16,20H,2-6,8,11H2,1H3. The van der Waals surface area contributed by atoms with Gasteiger partial charge in [-0.05, 0) is 19.8 Å². The predicted molar refractivity (Wildman–Crippen MR) is 77.5 cm³/mol. The van der Waals surface area contributed by atoms with Crippen molar-refractivity contribution in [2.24, 2.45) is 0 Å². The molecule has 0 spiro atoms. The van der Waals surface area contributed by atoms with Crippen LogP contribution in [0.15, 0.2) is 18.5 Å². The topological polar surface area (TPSA) is 62.5 Å². The summed E-state index contributed by atoms with van der Waals surface area (Å²) in [5, 5.41) is 18.1. The van der Waals surface area contributed by atoms with Gasteiger partial charge in [0.25, 0.3) is 0 Å². The zero-order valence-corrected chi connectivity index (χ0v) is 12.0. The summed E-state index contributed by atoms with van der Waals surface area (Å²) in [5.41, 5.74) is 2.41. The largest absolute Gasteiger partial charge is 0.389 e. The van der Waals surface area contributed by atoms with Crippen LogP contribution in [0.5, 0.6) is 0 Å². The molecular formula is C15H22N4O. The van der Waals surface area contributed by atoms with Gasteiger partial charge in [-0.2, -0.15) is 5.10 Å². The predicted octanol–water partition coefficient (Wildman–Crippen LogP) is 1.82. The third-order valence-electron chi connectivity index (χ3n) is 4.06. The lowest BCUT2D eigenvalue weighted by Gasteiger charge is -2.32. The van der Waals surface area contributed by atoms with Crippen LogP contribution >= 0.6 is 0 Å². The molecule has 0 radical (unpaired) electrons. The van der Waals surface area contributed by atoms with Crippen molar-refractivity contribution in [2.75, 3.05) is 6.54 Å². The zero-order chi connectivity index (χ0) is 14.0. The lowest BCUT2D eigenvalue weighted by atomic mass is 9.85. The molecule has 108 valence electrons. The molecule has 2 aromatic heterocycles. The molecule has 3 rings (SSSR count). The fourth-order valence-electron chi connectivity index (χ4n) is 2.95. The summed E-state index contributed by atoms with van der Waals surface area (Å²) in [5.74, 6) is 0. The molecule has 1 fully saturated rings. The highest BCUT2D eigenvalue weighted by Crippen LogP contribution is 2.27. The number of aryl methyl sites for hydroxylation is 1. The Morgan fingerprint density at radius 1 is 1.35 bits per heavy atom. The molecule has 5 nitrogen and oxygen atoms in total. The second-order valence-corrected chi connectivity index (χ2v) is 5.94. The Morgan fingerprint density at radius 2 is 2.15 bits per heavy atom. The highest BCUT2D eigenvalue weighted by atomic mass is 16.3. The van der Waals surface area contributed by atoms with Crippen LogP contribution in [-0.2, 0) is 6.54 Å². The fourth-order valence-corrected chi connectivity index (χ4v) is 2.95. The van der Waals surface area contributed by atoms with E-state index in [9.17, 15) is 5.11 Å². The van der Waals surface area contributed by atoms with Crippen LogP contribution in [0.1, 0.15) is 43.4 Å². The van der Waals surface area contributed by atoms with Gasteiger partial charge < -0.3 is 10.4 Å². The molecule has 1 saturated carbocycles. The SMILES string of the molecule is Cc1cc2ncc(CNCC3(O)CCCCC3)cn2n1. The number of aromatic nitrogens is 3. The summed E-state index contributed by atoms with van der Waals surface area (Å²) in [7, 11) is 0. The first-order valence-corrected chi connectivity index (χ1v) is 7.39. The molecule has 2 heterocycles. The number of fused-ring (bicyclic) bond motifs is 1. The van der Waals surface area contributed by atoms with Crippen LogP contribution < -0.4 is 5.32 Å². The molecule has 2 N–H and O–H groups in total. The molecule has 0 aliphatic heterocycles. The van der Waals surface area contributed by atoms with E-state index in [-0.39, 0.29) is 0 Å². The molecule has 1 aliphatic rings. The van der Waals surface area contributed by atoms with Crippen molar-refractivity contribution in [3.05, 3.63) is 29.7 Å². The van der Waals surface area contributed by atoms with Gasteiger partial charge in [-0.1, -0.05) is 19.3 Å². The van der Waals surface area contributed by atoms with Crippen LogP contribution in [-0.4, -0.2) is 31.9 Å². The van der Waals surface area contributed by atoms with Gasteiger partial charge in [0.05, 0.1) is 11.3 Å². The van der Waals surface area contributed by atoms with Crippen molar-refractivity contribution in [3.8, 4) is 0 Å². The Bertz CT molecular complexity index is 587. The van der Waals surface area contributed by atoms with Gasteiger partial charge in [0, 0.05) is 37.1 Å². The molecule has 0 amide bonds. The number of hydrogen-bond donors (Lipinski definition) is 2. The maximum absolute atomic E-state index is 10.4. The number of hydrogen-bond acceptors (Lipinski definition) is 4. The Kier molecular flexibility index (Phi) is 3.72. The van der Waals surface area contributed by atoms with Crippen LogP contribution in [0, 0.1) is 6.92 Å². The second-order valence-electron chi connectivity index (χ2n) is 5.94. The maximum Gasteiger partial charge on any atom is 0.155 e. The number of aliphatic hydroxyl groups is 1. The summed E-state index contributed by atoms with van der Waals surface area (Å²) >= 11 is 0. The molecule has 0 aromatic carbocycles. The molecule has 20 heavy (non-hydrogen) atoms. The van der Waals surface area contributed by atoms with E-state index >= 15 is 0 Å². The van der Waals surface area contributed by atoms with Gasteiger partial charge in [-0.3, -0.25) is 0 Å². The monoisotopic (exact) mass is 274 g/mol. The summed E-state index contributed by atoms with van der Waals surface area (Å²) in [6.07, 6.45) is 9.21.